The summed E-state index contributed by atoms with van der Waals surface area (Å²) in [5, 5.41) is 0. The summed E-state index contributed by atoms with van der Waals surface area (Å²) in [6, 6.07) is 0. The molecule has 0 aliphatic carbocycles. The van der Waals surface area contributed by atoms with E-state index >= 15 is 0 Å². The number of hydrogen-bond acceptors (Lipinski definition) is 1. The normalized spacial score (nSPS) is 11.0. The highest BCUT2D eigenvalue weighted by Crippen LogP contribution is 2.13. The first-order valence-electron chi connectivity index (χ1n) is 2.04. The molecule has 0 aliphatic rings. The van der Waals surface area contributed by atoms with E-state index in [9.17, 15) is 13.2 Å². The van der Waals surface area contributed by atoms with Crippen molar-refractivity contribution < 1.29 is 13.2 Å². The van der Waals surface area contributed by atoms with Gasteiger partial charge in [-0.15, -0.1) is 0 Å². The molecule has 0 unspecified atom stereocenters. The average molecular weight is 141 g/mol. The minimum Gasteiger partial charge on any atom is -0.370 e. The summed E-state index contributed by atoms with van der Waals surface area (Å²) >= 11 is 0. The molecule has 0 aromatic rings. The molecule has 54 valence electrons. The lowest BCUT2D eigenvalue weighted by molar-refractivity contribution is -0.118. The van der Waals surface area contributed by atoms with Crippen molar-refractivity contribution in [1.82, 2.24) is 0 Å². The second kappa shape index (κ2) is 2.56. The molecule has 0 aromatic heterocycles. The van der Waals surface area contributed by atoms with Gasteiger partial charge in [-0.3, -0.25) is 0 Å². The monoisotopic (exact) mass is 141 g/mol. The van der Waals surface area contributed by atoms with Gasteiger partial charge in [0.15, 0.2) is 5.96 Å². The first-order valence-corrected chi connectivity index (χ1v) is 2.04. The lowest BCUT2D eigenvalue weighted by atomic mass is 10.6. The van der Waals surface area contributed by atoms with Gasteiger partial charge in [0.2, 0.25) is 0 Å². The number of guanidine groups is 1. The molecule has 0 amide bonds. The Kier molecular flexibility index (Phi) is 2.29. The van der Waals surface area contributed by atoms with Gasteiger partial charge >= 0.3 is 6.18 Å². The van der Waals surface area contributed by atoms with Crippen LogP contribution in [0.25, 0.3) is 0 Å². The summed E-state index contributed by atoms with van der Waals surface area (Å²) in [6.07, 6.45) is -4.32. The van der Waals surface area contributed by atoms with Crippen LogP contribution in [0, 0.1) is 0 Å². The zero-order valence-electron chi connectivity index (χ0n) is 4.44. The van der Waals surface area contributed by atoms with Crippen molar-refractivity contribution in [1.29, 1.82) is 0 Å². The fraction of sp³-hybridized carbons (Fsp3) is 0.667. The van der Waals surface area contributed by atoms with Crippen LogP contribution >= 0.6 is 0 Å². The predicted octanol–water partition coefficient (Wildman–Crippen LogP) is -0.178. The van der Waals surface area contributed by atoms with Crippen molar-refractivity contribution >= 4 is 5.96 Å². The Bertz CT molecular complexity index is 112. The van der Waals surface area contributed by atoms with Crippen molar-refractivity contribution in [3.8, 4) is 0 Å². The third-order valence-electron chi connectivity index (χ3n) is 0.441. The maximum Gasteiger partial charge on any atom is 0.408 e. The van der Waals surface area contributed by atoms with Crippen molar-refractivity contribution in [3.05, 3.63) is 0 Å². The Morgan fingerprint density at radius 1 is 1.33 bits per heavy atom. The van der Waals surface area contributed by atoms with Crippen molar-refractivity contribution in [2.45, 2.75) is 6.18 Å². The van der Waals surface area contributed by atoms with Crippen molar-refractivity contribution in [2.75, 3.05) is 6.54 Å². The zero-order valence-corrected chi connectivity index (χ0v) is 4.44. The maximum absolute atomic E-state index is 11.2. The summed E-state index contributed by atoms with van der Waals surface area (Å²) < 4.78 is 33.6. The molecule has 0 atom stereocenters. The van der Waals surface area contributed by atoms with Crippen LogP contribution in [0.5, 0.6) is 0 Å². The predicted molar refractivity (Wildman–Crippen MR) is 26.7 cm³/mol. The summed E-state index contributed by atoms with van der Waals surface area (Å²) in [4.78, 5) is 2.74. The molecule has 4 N–H and O–H groups in total. The number of hydrogen-bond donors (Lipinski definition) is 2. The highest BCUT2D eigenvalue weighted by molar-refractivity contribution is 5.75. The Labute approximate surface area is 49.5 Å². The van der Waals surface area contributed by atoms with Crippen molar-refractivity contribution in [2.24, 2.45) is 16.5 Å². The minimum atomic E-state index is -4.32. The van der Waals surface area contributed by atoms with Gasteiger partial charge in [0, 0.05) is 0 Å². The van der Waals surface area contributed by atoms with Crippen molar-refractivity contribution in [3.63, 3.8) is 0 Å². The molecule has 0 heterocycles. The molecule has 9 heavy (non-hydrogen) atoms. The number of nitrogens with zero attached hydrogens (tertiary/aromatic N) is 1. The number of halogens is 3. The third-order valence-corrected chi connectivity index (χ3v) is 0.441. The lowest BCUT2D eigenvalue weighted by Gasteiger charge is -1.99. The number of alkyl halides is 3. The molecular weight excluding hydrogens is 135 g/mol. The average Bonchev–Trinajstić information content (AvgIpc) is 1.59. The van der Waals surface area contributed by atoms with Gasteiger partial charge in [-0.25, -0.2) is 4.99 Å². The van der Waals surface area contributed by atoms with Crippen LogP contribution in [0.4, 0.5) is 13.2 Å². The fourth-order valence-corrected chi connectivity index (χ4v) is 0.181. The first kappa shape index (κ1) is 8.06. The van der Waals surface area contributed by atoms with Crippen LogP contribution in [0.3, 0.4) is 0 Å². The molecule has 0 saturated heterocycles. The van der Waals surface area contributed by atoms with Crippen LogP contribution in [0.15, 0.2) is 4.99 Å². The Balaban J connectivity index is 3.64. The standard InChI is InChI=1S/C3H6F3N3/c4-3(5,6)1-9-2(7)8/h1H2,(H4,7,8,9). The van der Waals surface area contributed by atoms with E-state index in [-0.39, 0.29) is 0 Å². The zero-order chi connectivity index (χ0) is 7.49. The number of rotatable bonds is 1. The lowest BCUT2D eigenvalue weighted by Crippen LogP contribution is -2.25. The fourth-order valence-electron chi connectivity index (χ4n) is 0.181. The molecule has 0 aromatic carbocycles. The van der Waals surface area contributed by atoms with E-state index in [4.69, 9.17) is 0 Å². The van der Waals surface area contributed by atoms with E-state index in [1.807, 2.05) is 0 Å². The van der Waals surface area contributed by atoms with Gasteiger partial charge in [0.25, 0.3) is 0 Å². The SMILES string of the molecule is NC(N)=NCC(F)(F)F. The number of nitrogens with two attached hydrogens (primary N) is 2. The van der Waals surface area contributed by atoms with E-state index < -0.39 is 18.7 Å². The molecule has 6 heteroatoms. The summed E-state index contributed by atoms with van der Waals surface area (Å²) in [6.45, 7) is -1.31. The largest absolute Gasteiger partial charge is 0.408 e. The van der Waals surface area contributed by atoms with Crippen LogP contribution in [-0.4, -0.2) is 18.7 Å². The van der Waals surface area contributed by atoms with Gasteiger partial charge < -0.3 is 11.5 Å². The minimum absolute atomic E-state index is 0.549. The molecule has 0 radical (unpaired) electrons. The summed E-state index contributed by atoms with van der Waals surface area (Å²) in [5.74, 6) is -0.549. The third kappa shape index (κ3) is 7.06. The van der Waals surface area contributed by atoms with Crippen LogP contribution in [0.1, 0.15) is 0 Å². The molecular formula is C3H6F3N3. The molecule has 0 aliphatic heterocycles. The van der Waals surface area contributed by atoms with E-state index in [0.29, 0.717) is 0 Å². The van der Waals surface area contributed by atoms with Gasteiger partial charge in [0.05, 0.1) is 0 Å². The van der Waals surface area contributed by atoms with Crippen LogP contribution in [-0.2, 0) is 0 Å². The molecule has 3 nitrogen and oxygen atoms in total. The first-order chi connectivity index (χ1) is 3.92. The maximum atomic E-state index is 11.2. The van der Waals surface area contributed by atoms with Gasteiger partial charge in [0.1, 0.15) is 6.54 Å². The highest BCUT2D eigenvalue weighted by Gasteiger charge is 2.26. The Morgan fingerprint density at radius 2 is 1.78 bits per heavy atom. The Hall–Kier alpha value is -0.940. The second-order valence-electron chi connectivity index (χ2n) is 1.36. The quantitative estimate of drug-likeness (QED) is 0.393. The molecule has 0 rings (SSSR count). The van der Waals surface area contributed by atoms with E-state index in [0.717, 1.165) is 0 Å². The van der Waals surface area contributed by atoms with Gasteiger partial charge in [-0.2, -0.15) is 13.2 Å². The molecule has 0 fully saturated rings. The van der Waals surface area contributed by atoms with Crippen LogP contribution in [0.2, 0.25) is 0 Å². The molecule has 0 saturated carbocycles. The second-order valence-corrected chi connectivity index (χ2v) is 1.36. The van der Waals surface area contributed by atoms with Gasteiger partial charge in [-0.1, -0.05) is 0 Å². The smallest absolute Gasteiger partial charge is 0.370 e. The highest BCUT2D eigenvalue weighted by atomic mass is 19.4. The molecule has 0 spiro atoms. The topological polar surface area (TPSA) is 64.4 Å². The van der Waals surface area contributed by atoms with E-state index in [1.165, 1.54) is 0 Å². The number of aliphatic imine (C=N–C) groups is 1. The van der Waals surface area contributed by atoms with E-state index in [1.54, 1.807) is 0 Å². The summed E-state index contributed by atoms with van der Waals surface area (Å²) in [7, 11) is 0. The molecule has 0 bridgehead atoms. The Morgan fingerprint density at radius 3 is 1.89 bits per heavy atom. The van der Waals surface area contributed by atoms with E-state index in [2.05, 4.69) is 16.5 Å². The summed E-state index contributed by atoms with van der Waals surface area (Å²) in [5.41, 5.74) is 9.25. The van der Waals surface area contributed by atoms with Crippen LogP contribution < -0.4 is 11.5 Å². The van der Waals surface area contributed by atoms with Gasteiger partial charge in [-0.05, 0) is 0 Å².